The van der Waals surface area contributed by atoms with Crippen molar-refractivity contribution >= 4 is 17.5 Å². The molecule has 0 saturated carbocycles. The van der Waals surface area contributed by atoms with Crippen LogP contribution in [0.5, 0.6) is 5.75 Å². The minimum atomic E-state index is -0.106. The number of rotatable bonds is 6. The average Bonchev–Trinajstić information content (AvgIpc) is 2.69. The van der Waals surface area contributed by atoms with Crippen LogP contribution in [-0.4, -0.2) is 5.91 Å². The molecule has 3 aromatic carbocycles. The molecule has 0 bridgehead atoms. The maximum Gasteiger partial charge on any atom is 0.251 e. The van der Waals surface area contributed by atoms with Crippen molar-refractivity contribution in [3.8, 4) is 5.75 Å². The van der Waals surface area contributed by atoms with E-state index in [2.05, 4.69) is 37.4 Å². The highest BCUT2D eigenvalue weighted by Gasteiger charge is 2.13. The van der Waals surface area contributed by atoms with Crippen LogP contribution in [0, 0.1) is 13.8 Å². The summed E-state index contributed by atoms with van der Waals surface area (Å²) in [7, 11) is 0. The van der Waals surface area contributed by atoms with E-state index in [1.165, 1.54) is 11.1 Å². The first-order valence-corrected chi connectivity index (χ1v) is 9.66. The Labute approximate surface area is 171 Å². The van der Waals surface area contributed by atoms with Gasteiger partial charge in [0.05, 0.1) is 6.04 Å². The van der Waals surface area contributed by atoms with Crippen LogP contribution in [0.2, 0.25) is 5.02 Å². The van der Waals surface area contributed by atoms with Crippen LogP contribution in [0.1, 0.15) is 45.6 Å². The summed E-state index contributed by atoms with van der Waals surface area (Å²) in [4.78, 5) is 12.6. The average molecular weight is 394 g/mol. The molecule has 0 heterocycles. The van der Waals surface area contributed by atoms with Crippen molar-refractivity contribution < 1.29 is 9.53 Å². The Balaban J connectivity index is 1.62. The van der Waals surface area contributed by atoms with E-state index in [0.717, 1.165) is 11.1 Å². The summed E-state index contributed by atoms with van der Waals surface area (Å²) in [6, 6.07) is 20.9. The van der Waals surface area contributed by atoms with E-state index in [1.54, 1.807) is 24.3 Å². The maximum absolute atomic E-state index is 12.6. The first-order chi connectivity index (χ1) is 13.4. The molecule has 0 saturated heterocycles. The van der Waals surface area contributed by atoms with E-state index in [9.17, 15) is 4.79 Å². The molecule has 144 valence electrons. The van der Waals surface area contributed by atoms with Crippen LogP contribution in [0.15, 0.2) is 66.7 Å². The summed E-state index contributed by atoms with van der Waals surface area (Å²) >= 11 is 6.14. The van der Waals surface area contributed by atoms with Crippen LogP contribution in [0.4, 0.5) is 0 Å². The second-order valence-corrected chi connectivity index (χ2v) is 7.37. The molecule has 0 aromatic heterocycles. The van der Waals surface area contributed by atoms with Gasteiger partial charge in [-0.05, 0) is 62.2 Å². The highest BCUT2D eigenvalue weighted by atomic mass is 35.5. The van der Waals surface area contributed by atoms with Crippen molar-refractivity contribution in [1.82, 2.24) is 5.32 Å². The van der Waals surface area contributed by atoms with Gasteiger partial charge in [0.1, 0.15) is 12.4 Å². The molecule has 0 fully saturated rings. The van der Waals surface area contributed by atoms with Crippen molar-refractivity contribution in [1.29, 1.82) is 0 Å². The van der Waals surface area contributed by atoms with Crippen molar-refractivity contribution in [2.75, 3.05) is 0 Å². The van der Waals surface area contributed by atoms with Crippen molar-refractivity contribution in [3.05, 3.63) is 99.6 Å². The summed E-state index contributed by atoms with van der Waals surface area (Å²) in [6.45, 7) is 6.50. The van der Waals surface area contributed by atoms with Crippen LogP contribution in [0.3, 0.4) is 0 Å². The largest absolute Gasteiger partial charge is 0.489 e. The first-order valence-electron chi connectivity index (χ1n) is 9.28. The zero-order chi connectivity index (χ0) is 20.1. The lowest BCUT2D eigenvalue weighted by atomic mass is 10.00. The molecule has 1 atom stereocenters. The zero-order valence-electron chi connectivity index (χ0n) is 16.3. The SMILES string of the molecule is Cc1ccc(C)c(C(C)NC(=O)c2ccc(OCc3ccccc3Cl)cc2)c1. The summed E-state index contributed by atoms with van der Waals surface area (Å²) in [5.41, 5.74) is 5.01. The lowest BCUT2D eigenvalue weighted by Gasteiger charge is -2.17. The molecule has 28 heavy (non-hydrogen) atoms. The van der Waals surface area contributed by atoms with E-state index < -0.39 is 0 Å². The molecule has 3 rings (SSSR count). The van der Waals surface area contributed by atoms with Gasteiger partial charge in [-0.3, -0.25) is 4.79 Å². The third-order valence-corrected chi connectivity index (χ3v) is 5.09. The summed E-state index contributed by atoms with van der Waals surface area (Å²) < 4.78 is 5.77. The molecule has 1 N–H and O–H groups in total. The number of benzene rings is 3. The summed E-state index contributed by atoms with van der Waals surface area (Å²) in [5.74, 6) is 0.588. The third-order valence-electron chi connectivity index (χ3n) is 4.72. The Kier molecular flexibility index (Phi) is 6.37. The molecule has 0 aliphatic rings. The molecular formula is C24H24ClNO2. The van der Waals surface area contributed by atoms with Gasteiger partial charge in [0, 0.05) is 16.1 Å². The van der Waals surface area contributed by atoms with Gasteiger partial charge in [-0.25, -0.2) is 0 Å². The molecule has 3 nitrogen and oxygen atoms in total. The van der Waals surface area contributed by atoms with Gasteiger partial charge < -0.3 is 10.1 Å². The molecule has 0 spiro atoms. The van der Waals surface area contributed by atoms with Gasteiger partial charge in [-0.1, -0.05) is 53.6 Å². The summed E-state index contributed by atoms with van der Waals surface area (Å²) in [5, 5.41) is 3.75. The number of carbonyl (C=O) groups is 1. The number of nitrogens with one attached hydrogen (secondary N) is 1. The molecule has 3 aromatic rings. The second kappa shape index (κ2) is 8.94. The Bertz CT molecular complexity index is 967. The van der Waals surface area contributed by atoms with Gasteiger partial charge in [-0.15, -0.1) is 0 Å². The highest BCUT2D eigenvalue weighted by Crippen LogP contribution is 2.21. The molecule has 0 aliphatic carbocycles. The van der Waals surface area contributed by atoms with Crippen LogP contribution in [0.25, 0.3) is 0 Å². The molecule has 0 radical (unpaired) electrons. The smallest absolute Gasteiger partial charge is 0.251 e. The lowest BCUT2D eigenvalue weighted by molar-refractivity contribution is 0.0939. The minimum Gasteiger partial charge on any atom is -0.489 e. The fourth-order valence-corrected chi connectivity index (χ4v) is 3.25. The monoisotopic (exact) mass is 393 g/mol. The van der Waals surface area contributed by atoms with Gasteiger partial charge in [-0.2, -0.15) is 0 Å². The number of ether oxygens (including phenoxy) is 1. The maximum atomic E-state index is 12.6. The number of hydrogen-bond donors (Lipinski definition) is 1. The van der Waals surface area contributed by atoms with E-state index >= 15 is 0 Å². The van der Waals surface area contributed by atoms with Gasteiger partial charge in [0.15, 0.2) is 0 Å². The molecule has 1 amide bonds. The molecule has 0 aliphatic heterocycles. The number of hydrogen-bond acceptors (Lipinski definition) is 2. The minimum absolute atomic E-state index is 0.0662. The Morgan fingerprint density at radius 3 is 2.46 bits per heavy atom. The van der Waals surface area contributed by atoms with Crippen molar-refractivity contribution in [3.63, 3.8) is 0 Å². The lowest BCUT2D eigenvalue weighted by Crippen LogP contribution is -2.27. The third kappa shape index (κ3) is 4.93. The van der Waals surface area contributed by atoms with E-state index in [0.29, 0.717) is 22.9 Å². The Hall–Kier alpha value is -2.78. The highest BCUT2D eigenvalue weighted by molar-refractivity contribution is 6.31. The molecule has 4 heteroatoms. The van der Waals surface area contributed by atoms with Gasteiger partial charge in [0.25, 0.3) is 5.91 Å². The number of carbonyl (C=O) groups excluding carboxylic acids is 1. The number of halogens is 1. The quantitative estimate of drug-likeness (QED) is 0.555. The van der Waals surface area contributed by atoms with E-state index in [4.69, 9.17) is 16.3 Å². The Morgan fingerprint density at radius 2 is 1.75 bits per heavy atom. The second-order valence-electron chi connectivity index (χ2n) is 6.96. The van der Waals surface area contributed by atoms with Crippen molar-refractivity contribution in [2.45, 2.75) is 33.4 Å². The predicted octanol–water partition coefficient (Wildman–Crippen LogP) is 6.03. The topological polar surface area (TPSA) is 38.3 Å². The zero-order valence-corrected chi connectivity index (χ0v) is 17.1. The van der Waals surface area contributed by atoms with Crippen LogP contribution in [-0.2, 0) is 6.61 Å². The normalized spacial score (nSPS) is 11.7. The van der Waals surface area contributed by atoms with Gasteiger partial charge >= 0.3 is 0 Å². The fraction of sp³-hybridized carbons (Fsp3) is 0.208. The van der Waals surface area contributed by atoms with Crippen LogP contribution < -0.4 is 10.1 Å². The summed E-state index contributed by atoms with van der Waals surface area (Å²) in [6.07, 6.45) is 0. The number of aryl methyl sites for hydroxylation is 2. The standard InChI is InChI=1S/C24H24ClNO2/c1-16-8-9-17(2)22(14-16)18(3)26-24(27)19-10-12-21(13-11-19)28-15-20-6-4-5-7-23(20)25/h4-14,18H,15H2,1-3H3,(H,26,27). The van der Waals surface area contributed by atoms with E-state index in [1.807, 2.05) is 31.2 Å². The van der Waals surface area contributed by atoms with Crippen molar-refractivity contribution in [2.24, 2.45) is 0 Å². The fourth-order valence-electron chi connectivity index (χ4n) is 3.06. The van der Waals surface area contributed by atoms with Crippen LogP contribution >= 0.6 is 11.6 Å². The first kappa shape index (κ1) is 20.0. The van der Waals surface area contributed by atoms with Gasteiger partial charge in [0.2, 0.25) is 0 Å². The molecule has 1 unspecified atom stereocenters. The molecular weight excluding hydrogens is 370 g/mol. The number of amides is 1. The Morgan fingerprint density at radius 1 is 1.04 bits per heavy atom. The van der Waals surface area contributed by atoms with E-state index in [-0.39, 0.29) is 11.9 Å². The predicted molar refractivity (Wildman–Crippen MR) is 114 cm³/mol.